The summed E-state index contributed by atoms with van der Waals surface area (Å²) in [5.74, 6) is -0.987. The minimum atomic E-state index is -0.982. The lowest BCUT2D eigenvalue weighted by Crippen LogP contribution is -2.48. The van der Waals surface area contributed by atoms with E-state index in [1.54, 1.807) is 25.3 Å². The summed E-state index contributed by atoms with van der Waals surface area (Å²) in [6, 6.07) is 13.1. The normalized spacial score (nSPS) is 14.7. The number of aromatic nitrogens is 2. The van der Waals surface area contributed by atoms with Gasteiger partial charge in [0.25, 0.3) is 0 Å². The number of nitrogens with zero attached hydrogens (tertiary/aromatic N) is 4. The number of carboxylic acid groups (broad SMARTS) is 2. The molecule has 1 saturated heterocycles. The van der Waals surface area contributed by atoms with Crippen LogP contribution in [0.4, 0.5) is 5.69 Å². The van der Waals surface area contributed by atoms with Gasteiger partial charge < -0.3 is 19.8 Å². The number of fused-ring (bicyclic) bond motifs is 1. The first-order chi connectivity index (χ1) is 15.5. The largest absolute Gasteiger partial charge is 0.480 e. The van der Waals surface area contributed by atoms with Gasteiger partial charge in [-0.1, -0.05) is 6.07 Å². The molecule has 3 aromatic rings. The predicted molar refractivity (Wildman–Crippen MR) is 120 cm³/mol. The second-order valence-corrected chi connectivity index (χ2v) is 7.79. The quantitative estimate of drug-likeness (QED) is 0.551. The van der Waals surface area contributed by atoms with Crippen LogP contribution in [0.25, 0.3) is 16.7 Å². The first-order valence-corrected chi connectivity index (χ1v) is 10.5. The fraction of sp³-hybridized carbons (Fsp3) is 0.348. The number of aromatic carboxylic acids is 1. The van der Waals surface area contributed by atoms with E-state index in [2.05, 4.69) is 11.0 Å². The van der Waals surface area contributed by atoms with Crippen LogP contribution in [0.2, 0.25) is 0 Å². The predicted octanol–water partition coefficient (Wildman–Crippen LogP) is 2.12. The summed E-state index contributed by atoms with van der Waals surface area (Å²) in [6.45, 7) is 3.46. The number of methoxy groups -OCH3 is 1. The van der Waals surface area contributed by atoms with Crippen LogP contribution in [-0.2, 0) is 16.0 Å². The number of carboxylic acids is 2. The minimum absolute atomic E-state index is 0.0656. The monoisotopic (exact) mass is 438 g/mol. The molecule has 168 valence electrons. The topological polar surface area (TPSA) is 108 Å². The maximum atomic E-state index is 11.4. The molecule has 0 saturated carbocycles. The number of anilines is 1. The van der Waals surface area contributed by atoms with Gasteiger partial charge in [-0.15, -0.1) is 0 Å². The molecule has 2 heterocycles. The first-order valence-electron chi connectivity index (χ1n) is 10.5. The van der Waals surface area contributed by atoms with E-state index in [9.17, 15) is 14.7 Å². The van der Waals surface area contributed by atoms with Crippen molar-refractivity contribution < 1.29 is 24.5 Å². The van der Waals surface area contributed by atoms with Crippen molar-refractivity contribution in [2.24, 2.45) is 0 Å². The van der Waals surface area contributed by atoms with E-state index in [1.165, 1.54) is 0 Å². The molecule has 2 aromatic carbocycles. The lowest BCUT2D eigenvalue weighted by atomic mass is 10.2. The average molecular weight is 438 g/mol. The van der Waals surface area contributed by atoms with Crippen molar-refractivity contribution in [3.05, 3.63) is 53.9 Å². The van der Waals surface area contributed by atoms with Gasteiger partial charge in [0, 0.05) is 51.1 Å². The van der Waals surface area contributed by atoms with Gasteiger partial charge in [-0.25, -0.2) is 9.78 Å². The van der Waals surface area contributed by atoms with Gasteiger partial charge in [-0.3, -0.25) is 14.3 Å². The molecule has 9 heteroatoms. The Bertz CT molecular complexity index is 1130. The second kappa shape index (κ2) is 9.37. The van der Waals surface area contributed by atoms with Gasteiger partial charge in [0.2, 0.25) is 0 Å². The van der Waals surface area contributed by atoms with Crippen molar-refractivity contribution in [1.82, 2.24) is 14.5 Å². The first kappa shape index (κ1) is 21.8. The van der Waals surface area contributed by atoms with Crippen molar-refractivity contribution in [2.75, 3.05) is 51.3 Å². The number of rotatable bonds is 8. The number of carbonyl (C=O) groups is 2. The maximum Gasteiger partial charge on any atom is 0.335 e. The molecular formula is C23H26N4O5. The van der Waals surface area contributed by atoms with Crippen LogP contribution in [0, 0.1) is 0 Å². The highest BCUT2D eigenvalue weighted by atomic mass is 16.5. The fourth-order valence-electron chi connectivity index (χ4n) is 4.10. The van der Waals surface area contributed by atoms with Gasteiger partial charge in [-0.05, 0) is 36.4 Å². The third-order valence-corrected chi connectivity index (χ3v) is 5.68. The third-order valence-electron chi connectivity index (χ3n) is 5.68. The van der Waals surface area contributed by atoms with Crippen LogP contribution in [0.15, 0.2) is 42.5 Å². The van der Waals surface area contributed by atoms with E-state index >= 15 is 0 Å². The van der Waals surface area contributed by atoms with Crippen molar-refractivity contribution >= 4 is 28.7 Å². The van der Waals surface area contributed by atoms with Crippen LogP contribution in [-0.4, -0.2) is 83.0 Å². The standard InChI is InChI=1S/C23H26N4O5/c1-32-12-7-21-24-19-13-16(23(30)31)5-6-20(19)27(21)18-4-2-3-17(14-18)26-10-8-25(9-11-26)15-22(28)29/h2-6,13-14H,7-12,15H2,1H3,(H,28,29)(H,30,31). The summed E-state index contributed by atoms with van der Waals surface area (Å²) in [5, 5.41) is 18.3. The Morgan fingerprint density at radius 1 is 1.03 bits per heavy atom. The van der Waals surface area contributed by atoms with Crippen LogP contribution in [0.3, 0.4) is 0 Å². The summed E-state index contributed by atoms with van der Waals surface area (Å²) < 4.78 is 7.29. The summed E-state index contributed by atoms with van der Waals surface area (Å²) in [5.41, 5.74) is 3.66. The summed E-state index contributed by atoms with van der Waals surface area (Å²) in [6.07, 6.45) is 0.589. The average Bonchev–Trinajstić information content (AvgIpc) is 3.15. The zero-order chi connectivity index (χ0) is 22.7. The molecule has 1 aliphatic heterocycles. The fourth-order valence-corrected chi connectivity index (χ4v) is 4.10. The number of hydrogen-bond acceptors (Lipinski definition) is 6. The van der Waals surface area contributed by atoms with Crippen molar-refractivity contribution in [3.8, 4) is 5.69 Å². The number of ether oxygens (including phenoxy) is 1. The molecule has 4 rings (SSSR count). The molecule has 1 aromatic heterocycles. The number of aliphatic carboxylic acids is 1. The highest BCUT2D eigenvalue weighted by Gasteiger charge is 2.20. The molecule has 1 fully saturated rings. The van der Waals surface area contributed by atoms with E-state index in [1.807, 2.05) is 27.7 Å². The summed E-state index contributed by atoms with van der Waals surface area (Å²) >= 11 is 0. The second-order valence-electron chi connectivity index (χ2n) is 7.79. The van der Waals surface area contributed by atoms with E-state index in [0.29, 0.717) is 31.6 Å². The Morgan fingerprint density at radius 2 is 1.78 bits per heavy atom. The highest BCUT2D eigenvalue weighted by Crippen LogP contribution is 2.27. The summed E-state index contributed by atoms with van der Waals surface area (Å²) in [4.78, 5) is 31.2. The third kappa shape index (κ3) is 4.58. The van der Waals surface area contributed by atoms with Gasteiger partial charge in [0.05, 0.1) is 29.7 Å². The Labute approximate surface area is 185 Å². The van der Waals surface area contributed by atoms with E-state index < -0.39 is 11.9 Å². The molecule has 0 unspecified atom stereocenters. The molecule has 32 heavy (non-hydrogen) atoms. The lowest BCUT2D eigenvalue weighted by Gasteiger charge is -2.35. The number of piperazine rings is 1. The summed E-state index contributed by atoms with van der Waals surface area (Å²) in [7, 11) is 1.64. The smallest absolute Gasteiger partial charge is 0.335 e. The molecule has 0 amide bonds. The Balaban J connectivity index is 1.66. The van der Waals surface area contributed by atoms with Crippen LogP contribution >= 0.6 is 0 Å². The van der Waals surface area contributed by atoms with Crippen molar-refractivity contribution in [1.29, 1.82) is 0 Å². The lowest BCUT2D eigenvalue weighted by molar-refractivity contribution is -0.138. The maximum absolute atomic E-state index is 11.4. The number of imidazole rings is 1. The molecule has 1 aliphatic rings. The zero-order valence-corrected chi connectivity index (χ0v) is 17.9. The van der Waals surface area contributed by atoms with Crippen LogP contribution in [0.5, 0.6) is 0 Å². The van der Waals surface area contributed by atoms with Gasteiger partial charge in [0.15, 0.2) is 0 Å². The molecule has 0 radical (unpaired) electrons. The Hall–Kier alpha value is -3.43. The van der Waals surface area contributed by atoms with Crippen LogP contribution in [0.1, 0.15) is 16.2 Å². The minimum Gasteiger partial charge on any atom is -0.480 e. The molecular weight excluding hydrogens is 412 g/mol. The number of hydrogen-bond donors (Lipinski definition) is 2. The molecule has 0 bridgehead atoms. The molecule has 0 spiro atoms. The SMILES string of the molecule is COCCc1nc2cc(C(=O)O)ccc2n1-c1cccc(N2CCN(CC(=O)O)CC2)c1. The van der Waals surface area contributed by atoms with Crippen molar-refractivity contribution in [2.45, 2.75) is 6.42 Å². The molecule has 2 N–H and O–H groups in total. The molecule has 0 atom stereocenters. The Kier molecular flexibility index (Phi) is 6.38. The van der Waals surface area contributed by atoms with E-state index in [0.717, 1.165) is 35.8 Å². The van der Waals surface area contributed by atoms with Crippen LogP contribution < -0.4 is 4.90 Å². The Morgan fingerprint density at radius 3 is 2.47 bits per heavy atom. The zero-order valence-electron chi connectivity index (χ0n) is 17.9. The van der Waals surface area contributed by atoms with E-state index in [4.69, 9.17) is 14.8 Å². The van der Waals surface area contributed by atoms with E-state index in [-0.39, 0.29) is 12.1 Å². The van der Waals surface area contributed by atoms with Gasteiger partial charge >= 0.3 is 11.9 Å². The molecule has 9 nitrogen and oxygen atoms in total. The van der Waals surface area contributed by atoms with Gasteiger partial charge in [0.1, 0.15) is 5.82 Å². The number of benzene rings is 2. The van der Waals surface area contributed by atoms with Gasteiger partial charge in [-0.2, -0.15) is 0 Å². The van der Waals surface area contributed by atoms with Crippen molar-refractivity contribution in [3.63, 3.8) is 0 Å². The highest BCUT2D eigenvalue weighted by molar-refractivity contribution is 5.93. The molecule has 0 aliphatic carbocycles.